The molecule has 0 unspecified atom stereocenters. The molecule has 20 heavy (non-hydrogen) atoms. The van der Waals surface area contributed by atoms with Crippen LogP contribution in [0.1, 0.15) is 18.4 Å². The summed E-state index contributed by atoms with van der Waals surface area (Å²) in [5.74, 6) is 0.110. The number of benzene rings is 1. The molecule has 0 spiro atoms. The minimum Gasteiger partial charge on any atom is -0.396 e. The maximum atomic E-state index is 12.3. The lowest BCUT2D eigenvalue weighted by Gasteiger charge is -2.30. The molecular weight excluding hydrogens is 321 g/mol. The minimum atomic E-state index is -3.37. The largest absolute Gasteiger partial charge is 0.396 e. The van der Waals surface area contributed by atoms with Crippen LogP contribution in [-0.2, 0) is 15.8 Å². The highest BCUT2D eigenvalue weighted by atomic mass is 35.5. The summed E-state index contributed by atoms with van der Waals surface area (Å²) in [6.45, 7) is 1.04. The Balaban J connectivity index is 2.07. The lowest BCUT2D eigenvalue weighted by atomic mass is 10.00. The predicted octanol–water partition coefficient (Wildman–Crippen LogP) is 2.53. The number of sulfonamides is 1. The van der Waals surface area contributed by atoms with Gasteiger partial charge in [-0.25, -0.2) is 12.7 Å². The third kappa shape index (κ3) is 4.09. The first kappa shape index (κ1) is 16.0. The van der Waals surface area contributed by atoms with Gasteiger partial charge in [0.25, 0.3) is 0 Å². The van der Waals surface area contributed by atoms with Gasteiger partial charge in [0.15, 0.2) is 0 Å². The molecule has 0 saturated carbocycles. The molecule has 1 aromatic rings. The Bertz CT molecular complexity index is 549. The summed E-state index contributed by atoms with van der Waals surface area (Å²) in [5.41, 5.74) is 0.590. The zero-order valence-corrected chi connectivity index (χ0v) is 13.3. The first-order valence-electron chi connectivity index (χ1n) is 6.44. The molecule has 0 atom stereocenters. The molecule has 1 saturated heterocycles. The van der Waals surface area contributed by atoms with Gasteiger partial charge in [0.05, 0.1) is 5.75 Å². The van der Waals surface area contributed by atoms with Crippen LogP contribution in [0.5, 0.6) is 0 Å². The maximum Gasteiger partial charge on any atom is 0.218 e. The number of hydrogen-bond acceptors (Lipinski definition) is 3. The molecule has 0 radical (unpaired) electrons. The Morgan fingerprint density at radius 2 is 1.70 bits per heavy atom. The van der Waals surface area contributed by atoms with Crippen molar-refractivity contribution < 1.29 is 13.5 Å². The van der Waals surface area contributed by atoms with Gasteiger partial charge in [0.1, 0.15) is 0 Å². The van der Waals surface area contributed by atoms with Gasteiger partial charge in [-0.15, -0.1) is 0 Å². The van der Waals surface area contributed by atoms with Gasteiger partial charge in [-0.2, -0.15) is 0 Å². The lowest BCUT2D eigenvalue weighted by Crippen LogP contribution is -2.39. The van der Waals surface area contributed by atoms with Crippen LogP contribution in [-0.4, -0.2) is 37.5 Å². The number of aliphatic hydroxyl groups excluding tert-OH is 1. The van der Waals surface area contributed by atoms with Crippen LogP contribution in [0.2, 0.25) is 10.0 Å². The smallest absolute Gasteiger partial charge is 0.218 e. The second-order valence-electron chi connectivity index (χ2n) is 5.06. The van der Waals surface area contributed by atoms with Crippen molar-refractivity contribution in [2.24, 2.45) is 5.92 Å². The molecule has 1 N–H and O–H groups in total. The highest BCUT2D eigenvalue weighted by Gasteiger charge is 2.27. The monoisotopic (exact) mass is 337 g/mol. The van der Waals surface area contributed by atoms with E-state index in [1.165, 1.54) is 4.31 Å². The Kier molecular flexibility index (Phi) is 5.31. The van der Waals surface area contributed by atoms with Crippen LogP contribution in [0.15, 0.2) is 18.2 Å². The summed E-state index contributed by atoms with van der Waals surface area (Å²) < 4.78 is 26.2. The van der Waals surface area contributed by atoms with Crippen molar-refractivity contribution in [1.82, 2.24) is 4.31 Å². The second-order valence-corrected chi connectivity index (χ2v) is 7.90. The Hall–Kier alpha value is -0.330. The van der Waals surface area contributed by atoms with Crippen molar-refractivity contribution >= 4 is 33.2 Å². The first-order chi connectivity index (χ1) is 9.40. The summed E-state index contributed by atoms with van der Waals surface area (Å²) in [6.07, 6.45) is 1.40. The number of rotatable bonds is 4. The zero-order chi connectivity index (χ0) is 14.8. The molecule has 0 aromatic heterocycles. The minimum absolute atomic E-state index is 0.100. The number of piperidine rings is 1. The van der Waals surface area contributed by atoms with E-state index in [2.05, 4.69) is 0 Å². The molecule has 1 fully saturated rings. The van der Waals surface area contributed by atoms with E-state index in [-0.39, 0.29) is 18.3 Å². The third-order valence-corrected chi connectivity index (χ3v) is 5.78. The number of halogens is 2. The fourth-order valence-corrected chi connectivity index (χ4v) is 4.48. The van der Waals surface area contributed by atoms with Crippen LogP contribution in [0.25, 0.3) is 0 Å². The van der Waals surface area contributed by atoms with Crippen molar-refractivity contribution in [3.63, 3.8) is 0 Å². The summed E-state index contributed by atoms with van der Waals surface area (Å²) in [6, 6.07) is 4.81. The summed E-state index contributed by atoms with van der Waals surface area (Å²) in [5, 5.41) is 9.94. The summed E-state index contributed by atoms with van der Waals surface area (Å²) in [7, 11) is -3.37. The van der Waals surface area contributed by atoms with Gasteiger partial charge < -0.3 is 5.11 Å². The normalized spacial score (nSPS) is 18.4. The van der Waals surface area contributed by atoms with E-state index >= 15 is 0 Å². The average molecular weight is 338 g/mol. The maximum absolute atomic E-state index is 12.3. The van der Waals surface area contributed by atoms with Gasteiger partial charge in [-0.3, -0.25) is 0 Å². The Morgan fingerprint density at radius 1 is 1.15 bits per heavy atom. The number of hydrogen-bond donors (Lipinski definition) is 1. The number of aliphatic hydroxyl groups is 1. The highest BCUT2D eigenvalue weighted by Crippen LogP contribution is 2.24. The standard InChI is InChI=1S/C13H17Cl2NO3S/c14-12-5-11(6-13(15)7-12)9-20(18,19)16-3-1-10(8-17)2-4-16/h5-7,10,17H,1-4,8-9H2. The van der Waals surface area contributed by atoms with Crippen molar-refractivity contribution in [1.29, 1.82) is 0 Å². The molecular formula is C13H17Cl2NO3S. The molecule has 2 rings (SSSR count). The Labute approximate surface area is 129 Å². The lowest BCUT2D eigenvalue weighted by molar-refractivity contribution is 0.170. The van der Waals surface area contributed by atoms with Crippen molar-refractivity contribution in [3.05, 3.63) is 33.8 Å². The molecule has 0 aliphatic carbocycles. The van der Waals surface area contributed by atoms with E-state index in [0.29, 0.717) is 41.5 Å². The summed E-state index contributed by atoms with van der Waals surface area (Å²) >= 11 is 11.8. The Morgan fingerprint density at radius 3 is 2.20 bits per heavy atom. The average Bonchev–Trinajstić information content (AvgIpc) is 2.37. The fraction of sp³-hybridized carbons (Fsp3) is 0.538. The van der Waals surface area contributed by atoms with Crippen LogP contribution in [0, 0.1) is 5.92 Å². The van der Waals surface area contributed by atoms with Crippen LogP contribution in [0.4, 0.5) is 0 Å². The van der Waals surface area contributed by atoms with Crippen molar-refractivity contribution in [2.45, 2.75) is 18.6 Å². The van der Waals surface area contributed by atoms with Crippen molar-refractivity contribution in [2.75, 3.05) is 19.7 Å². The first-order valence-corrected chi connectivity index (χ1v) is 8.81. The molecule has 1 aromatic carbocycles. The zero-order valence-electron chi connectivity index (χ0n) is 10.9. The van der Waals surface area contributed by atoms with E-state index in [1.54, 1.807) is 18.2 Å². The number of nitrogens with zero attached hydrogens (tertiary/aromatic N) is 1. The van der Waals surface area contributed by atoms with Gasteiger partial charge in [0, 0.05) is 29.7 Å². The molecule has 1 heterocycles. The van der Waals surface area contributed by atoms with Gasteiger partial charge in [0.2, 0.25) is 10.0 Å². The topological polar surface area (TPSA) is 57.6 Å². The van der Waals surface area contributed by atoms with E-state index in [1.807, 2.05) is 0 Å². The third-order valence-electron chi connectivity index (χ3n) is 3.50. The van der Waals surface area contributed by atoms with Gasteiger partial charge in [-0.1, -0.05) is 23.2 Å². The molecule has 1 aliphatic heterocycles. The molecule has 1 aliphatic rings. The molecule has 0 amide bonds. The van der Waals surface area contributed by atoms with Gasteiger partial charge >= 0.3 is 0 Å². The van der Waals surface area contributed by atoms with E-state index in [9.17, 15) is 8.42 Å². The van der Waals surface area contributed by atoms with Crippen molar-refractivity contribution in [3.8, 4) is 0 Å². The molecule has 4 nitrogen and oxygen atoms in total. The van der Waals surface area contributed by atoms with E-state index < -0.39 is 10.0 Å². The van der Waals surface area contributed by atoms with Gasteiger partial charge in [-0.05, 0) is 42.5 Å². The highest BCUT2D eigenvalue weighted by molar-refractivity contribution is 7.88. The van der Waals surface area contributed by atoms with Crippen LogP contribution >= 0.6 is 23.2 Å². The predicted molar refractivity (Wildman–Crippen MR) is 80.5 cm³/mol. The summed E-state index contributed by atoms with van der Waals surface area (Å²) in [4.78, 5) is 0. The molecule has 112 valence electrons. The van der Waals surface area contributed by atoms with Crippen LogP contribution < -0.4 is 0 Å². The van der Waals surface area contributed by atoms with Crippen LogP contribution in [0.3, 0.4) is 0 Å². The molecule has 7 heteroatoms. The van der Waals surface area contributed by atoms with E-state index in [4.69, 9.17) is 28.3 Å². The second kappa shape index (κ2) is 6.62. The van der Waals surface area contributed by atoms with E-state index in [0.717, 1.165) is 0 Å². The SMILES string of the molecule is O=S(=O)(Cc1cc(Cl)cc(Cl)c1)N1CCC(CO)CC1. The fourth-order valence-electron chi connectivity index (χ4n) is 2.37. The quantitative estimate of drug-likeness (QED) is 0.918. The molecule has 0 bridgehead atoms.